The summed E-state index contributed by atoms with van der Waals surface area (Å²) in [5.41, 5.74) is 1.71. The van der Waals surface area contributed by atoms with Gasteiger partial charge in [0.25, 0.3) is 0 Å². The summed E-state index contributed by atoms with van der Waals surface area (Å²) in [6, 6.07) is 8.73. The number of benzene rings is 1. The van der Waals surface area contributed by atoms with Crippen molar-refractivity contribution in [1.29, 1.82) is 0 Å². The van der Waals surface area contributed by atoms with Gasteiger partial charge in [-0.1, -0.05) is 25.5 Å². The lowest BCUT2D eigenvalue weighted by Gasteiger charge is -2.35. The molecule has 118 valence electrons. The van der Waals surface area contributed by atoms with Crippen molar-refractivity contribution >= 4 is 0 Å². The Morgan fingerprint density at radius 1 is 1.29 bits per heavy atom. The summed E-state index contributed by atoms with van der Waals surface area (Å²) in [4.78, 5) is 0. The lowest BCUT2D eigenvalue weighted by molar-refractivity contribution is 0.194. The first-order chi connectivity index (χ1) is 10.2. The van der Waals surface area contributed by atoms with Crippen LogP contribution >= 0.6 is 0 Å². The number of ether oxygens (including phenoxy) is 2. The highest BCUT2D eigenvalue weighted by Gasteiger charge is 2.41. The molecule has 0 aliphatic heterocycles. The van der Waals surface area contributed by atoms with Crippen LogP contribution in [0.3, 0.4) is 0 Å². The largest absolute Gasteiger partial charge is 0.494 e. The van der Waals surface area contributed by atoms with E-state index in [1.165, 1.54) is 24.8 Å². The van der Waals surface area contributed by atoms with Gasteiger partial charge in [0.05, 0.1) is 13.2 Å². The molecule has 21 heavy (non-hydrogen) atoms. The van der Waals surface area contributed by atoms with E-state index in [1.54, 1.807) is 7.11 Å². The third kappa shape index (κ3) is 3.78. The van der Waals surface area contributed by atoms with Crippen LogP contribution in [0.2, 0.25) is 0 Å². The van der Waals surface area contributed by atoms with Gasteiger partial charge in [-0.25, -0.2) is 0 Å². The van der Waals surface area contributed by atoms with Gasteiger partial charge in [0.15, 0.2) is 0 Å². The summed E-state index contributed by atoms with van der Waals surface area (Å²) in [6.07, 6.45) is 3.90. The van der Waals surface area contributed by atoms with E-state index >= 15 is 0 Å². The fourth-order valence-electron chi connectivity index (χ4n) is 3.58. The Morgan fingerprint density at radius 2 is 2.05 bits per heavy atom. The Bertz CT molecular complexity index is 418. The number of methoxy groups -OCH3 is 1. The minimum atomic E-state index is 0.262. The number of nitrogens with one attached hydrogen (secondary N) is 1. The summed E-state index contributed by atoms with van der Waals surface area (Å²) in [6.45, 7) is 7.86. The Labute approximate surface area is 129 Å². The second-order valence-electron chi connectivity index (χ2n) is 6.08. The molecule has 0 aromatic heterocycles. The second-order valence-corrected chi connectivity index (χ2v) is 6.08. The highest BCUT2D eigenvalue weighted by Crippen LogP contribution is 2.45. The van der Waals surface area contributed by atoms with Crippen LogP contribution in [-0.2, 0) is 10.2 Å². The molecule has 0 saturated heterocycles. The third-order valence-corrected chi connectivity index (χ3v) is 4.87. The van der Waals surface area contributed by atoms with Crippen LogP contribution in [-0.4, -0.2) is 33.4 Å². The maximum atomic E-state index is 5.56. The fraction of sp³-hybridized carbons (Fsp3) is 0.667. The summed E-state index contributed by atoms with van der Waals surface area (Å²) < 4.78 is 10.7. The summed E-state index contributed by atoms with van der Waals surface area (Å²) in [7, 11) is 1.75. The van der Waals surface area contributed by atoms with Gasteiger partial charge in [0.2, 0.25) is 0 Å². The average molecular weight is 291 g/mol. The molecular weight excluding hydrogens is 262 g/mol. The maximum absolute atomic E-state index is 5.56. The van der Waals surface area contributed by atoms with Gasteiger partial charge < -0.3 is 14.8 Å². The van der Waals surface area contributed by atoms with Crippen LogP contribution in [0.1, 0.15) is 38.7 Å². The van der Waals surface area contributed by atoms with Crippen molar-refractivity contribution in [2.24, 2.45) is 5.92 Å². The lowest BCUT2D eigenvalue weighted by atomic mass is 9.73. The van der Waals surface area contributed by atoms with Gasteiger partial charge >= 0.3 is 0 Å². The number of rotatable bonds is 8. The standard InChI is InChI=1S/C18H29NO2/c1-4-21-17-9-7-16(8-10-17)18(11-5-6-15(18)2)14-19-12-13-20-3/h7-10,15,19H,4-6,11-14H2,1-3H3. The Hall–Kier alpha value is -1.06. The molecule has 1 aromatic carbocycles. The molecule has 1 aromatic rings. The van der Waals surface area contributed by atoms with Crippen LogP contribution in [0.4, 0.5) is 0 Å². The third-order valence-electron chi connectivity index (χ3n) is 4.87. The van der Waals surface area contributed by atoms with Gasteiger partial charge in [0.1, 0.15) is 5.75 Å². The molecule has 2 rings (SSSR count). The molecule has 1 aliphatic carbocycles. The molecule has 0 radical (unpaired) electrons. The molecular formula is C18H29NO2. The topological polar surface area (TPSA) is 30.5 Å². The Kier molecular flexibility index (Phi) is 6.07. The highest BCUT2D eigenvalue weighted by molar-refractivity contribution is 5.34. The predicted octanol–water partition coefficient (Wildman–Crippen LogP) is 3.38. The van der Waals surface area contributed by atoms with Crippen molar-refractivity contribution in [2.45, 2.75) is 38.5 Å². The molecule has 1 saturated carbocycles. The van der Waals surface area contributed by atoms with E-state index in [-0.39, 0.29) is 5.41 Å². The van der Waals surface area contributed by atoms with Gasteiger partial charge in [-0.3, -0.25) is 0 Å². The SMILES string of the molecule is CCOc1ccc(C2(CNCCOC)CCCC2C)cc1. The molecule has 2 atom stereocenters. The first-order valence-electron chi connectivity index (χ1n) is 8.16. The predicted molar refractivity (Wildman–Crippen MR) is 87.0 cm³/mol. The van der Waals surface area contributed by atoms with E-state index in [2.05, 4.69) is 36.5 Å². The zero-order valence-corrected chi connectivity index (χ0v) is 13.7. The van der Waals surface area contributed by atoms with Gasteiger partial charge in [-0.15, -0.1) is 0 Å². The smallest absolute Gasteiger partial charge is 0.119 e. The number of hydrogen-bond acceptors (Lipinski definition) is 3. The van der Waals surface area contributed by atoms with Crippen LogP contribution in [0, 0.1) is 5.92 Å². The Morgan fingerprint density at radius 3 is 2.62 bits per heavy atom. The van der Waals surface area contributed by atoms with Gasteiger partial charge in [-0.2, -0.15) is 0 Å². The van der Waals surface area contributed by atoms with E-state index < -0.39 is 0 Å². The Balaban J connectivity index is 2.11. The van der Waals surface area contributed by atoms with E-state index in [9.17, 15) is 0 Å². The molecule has 0 heterocycles. The lowest BCUT2D eigenvalue weighted by Crippen LogP contribution is -2.41. The molecule has 1 fully saturated rings. The number of hydrogen-bond donors (Lipinski definition) is 1. The van der Waals surface area contributed by atoms with Gasteiger partial charge in [-0.05, 0) is 43.4 Å². The molecule has 1 aliphatic rings. The summed E-state index contributed by atoms with van der Waals surface area (Å²) >= 11 is 0. The van der Waals surface area contributed by atoms with Crippen molar-refractivity contribution in [3.8, 4) is 5.75 Å². The van der Waals surface area contributed by atoms with Crippen LogP contribution < -0.4 is 10.1 Å². The molecule has 3 heteroatoms. The van der Waals surface area contributed by atoms with Crippen molar-refractivity contribution in [1.82, 2.24) is 5.32 Å². The van der Waals surface area contributed by atoms with Crippen molar-refractivity contribution < 1.29 is 9.47 Å². The van der Waals surface area contributed by atoms with Crippen LogP contribution in [0.25, 0.3) is 0 Å². The van der Waals surface area contributed by atoms with Crippen molar-refractivity contribution in [2.75, 3.05) is 33.4 Å². The summed E-state index contributed by atoms with van der Waals surface area (Å²) in [5, 5.41) is 3.58. The monoisotopic (exact) mass is 291 g/mol. The molecule has 2 unspecified atom stereocenters. The van der Waals surface area contributed by atoms with E-state index in [0.29, 0.717) is 5.92 Å². The zero-order valence-electron chi connectivity index (χ0n) is 13.7. The normalized spacial score (nSPS) is 25.2. The molecule has 3 nitrogen and oxygen atoms in total. The molecule has 0 amide bonds. The van der Waals surface area contributed by atoms with E-state index in [1.807, 2.05) is 6.92 Å². The van der Waals surface area contributed by atoms with Gasteiger partial charge in [0, 0.05) is 25.6 Å². The fourth-order valence-corrected chi connectivity index (χ4v) is 3.58. The average Bonchev–Trinajstić information content (AvgIpc) is 2.87. The summed E-state index contributed by atoms with van der Waals surface area (Å²) in [5.74, 6) is 1.68. The van der Waals surface area contributed by atoms with Crippen molar-refractivity contribution in [3.63, 3.8) is 0 Å². The highest BCUT2D eigenvalue weighted by atomic mass is 16.5. The van der Waals surface area contributed by atoms with Crippen molar-refractivity contribution in [3.05, 3.63) is 29.8 Å². The minimum absolute atomic E-state index is 0.262. The van der Waals surface area contributed by atoms with Crippen LogP contribution in [0.5, 0.6) is 5.75 Å². The van der Waals surface area contributed by atoms with E-state index in [0.717, 1.165) is 32.1 Å². The first-order valence-corrected chi connectivity index (χ1v) is 8.16. The first kappa shape index (κ1) is 16.3. The maximum Gasteiger partial charge on any atom is 0.119 e. The second kappa shape index (κ2) is 7.81. The molecule has 0 bridgehead atoms. The van der Waals surface area contributed by atoms with Crippen LogP contribution in [0.15, 0.2) is 24.3 Å². The zero-order chi connectivity index (χ0) is 15.1. The minimum Gasteiger partial charge on any atom is -0.494 e. The molecule has 1 N–H and O–H groups in total. The quantitative estimate of drug-likeness (QED) is 0.745. The molecule has 0 spiro atoms. The van der Waals surface area contributed by atoms with E-state index in [4.69, 9.17) is 9.47 Å².